The Morgan fingerprint density at radius 2 is 2.16 bits per heavy atom. The summed E-state index contributed by atoms with van der Waals surface area (Å²) < 4.78 is 0. The zero-order valence-corrected chi connectivity index (χ0v) is 12.3. The van der Waals surface area contributed by atoms with Gasteiger partial charge in [-0.1, -0.05) is 29.8 Å². The highest BCUT2D eigenvalue weighted by atomic mass is 79.9. The number of rotatable bonds is 4. The number of nitro groups is 1. The number of non-ortho nitro benzene ring substituents is 1. The van der Waals surface area contributed by atoms with Gasteiger partial charge < -0.3 is 0 Å². The predicted octanol–water partition coefficient (Wildman–Crippen LogP) is 3.82. The summed E-state index contributed by atoms with van der Waals surface area (Å²) in [6.07, 6.45) is 2.42. The molecule has 6 heteroatoms. The average Bonchev–Trinajstić information content (AvgIpc) is 2.38. The van der Waals surface area contributed by atoms with Gasteiger partial charge in [0.15, 0.2) is 0 Å². The number of nitrogens with zero attached hydrogens (tertiary/aromatic N) is 3. The highest BCUT2D eigenvalue weighted by molar-refractivity contribution is 9.09. The number of nitro benzene ring substituents is 1. The van der Waals surface area contributed by atoms with Gasteiger partial charge in [-0.3, -0.25) is 10.1 Å². The number of aromatic nitrogens is 2. The fourth-order valence-electron chi connectivity index (χ4n) is 2.21. The molecular weight excluding hydrogens is 310 g/mol. The van der Waals surface area contributed by atoms with E-state index in [-0.39, 0.29) is 16.4 Å². The van der Waals surface area contributed by atoms with E-state index in [9.17, 15) is 10.1 Å². The lowest BCUT2D eigenvalue weighted by Crippen LogP contribution is -2.10. The van der Waals surface area contributed by atoms with Gasteiger partial charge in [-0.2, -0.15) is 0 Å². The van der Waals surface area contributed by atoms with Gasteiger partial charge in [-0.25, -0.2) is 9.97 Å². The minimum Gasteiger partial charge on any atom is -0.258 e. The highest BCUT2D eigenvalue weighted by Crippen LogP contribution is 2.32. The molecule has 1 heterocycles. The minimum absolute atomic E-state index is 0.0700. The molecule has 0 N–H and O–H groups in total. The van der Waals surface area contributed by atoms with E-state index in [2.05, 4.69) is 39.7 Å². The van der Waals surface area contributed by atoms with E-state index < -0.39 is 4.92 Å². The van der Waals surface area contributed by atoms with E-state index in [0.29, 0.717) is 0 Å². The highest BCUT2D eigenvalue weighted by Gasteiger charge is 2.20. The zero-order valence-electron chi connectivity index (χ0n) is 10.7. The first kappa shape index (κ1) is 13.9. The van der Waals surface area contributed by atoms with E-state index in [1.807, 2.05) is 0 Å². The lowest BCUT2D eigenvalue weighted by Gasteiger charge is -2.18. The molecule has 0 saturated heterocycles. The molecule has 1 aromatic carbocycles. The van der Waals surface area contributed by atoms with Gasteiger partial charge in [-0.05, 0) is 12.5 Å². The van der Waals surface area contributed by atoms with Crippen LogP contribution in [0, 0.1) is 10.1 Å². The average molecular weight is 324 g/mol. The normalized spacial score (nSPS) is 14.3. The van der Waals surface area contributed by atoms with E-state index >= 15 is 0 Å². The molecule has 0 amide bonds. The third-order valence-electron chi connectivity index (χ3n) is 3.21. The van der Waals surface area contributed by atoms with Crippen LogP contribution in [0.5, 0.6) is 0 Å². The van der Waals surface area contributed by atoms with Crippen molar-refractivity contribution < 1.29 is 4.92 Å². The molecule has 0 spiro atoms. The summed E-state index contributed by atoms with van der Waals surface area (Å²) >= 11 is 3.58. The second-order valence-electron chi connectivity index (χ2n) is 4.41. The number of fused-ring (bicyclic) bond motifs is 1. The summed E-state index contributed by atoms with van der Waals surface area (Å²) in [4.78, 5) is 19.2. The zero-order chi connectivity index (χ0) is 14.0. The Labute approximate surface area is 119 Å². The molecule has 0 saturated carbocycles. The van der Waals surface area contributed by atoms with Crippen molar-refractivity contribution in [3.63, 3.8) is 0 Å². The molecule has 2 unspecified atom stereocenters. The SMILES string of the molecule is CCC(c1ncnc2ccc([N+](=O)[O-])cc12)C(C)Br. The molecule has 5 nitrogen and oxygen atoms in total. The first-order valence-electron chi connectivity index (χ1n) is 6.07. The van der Waals surface area contributed by atoms with Crippen LogP contribution in [-0.4, -0.2) is 19.7 Å². The Kier molecular flexibility index (Phi) is 4.09. The van der Waals surface area contributed by atoms with Crippen LogP contribution in [0.3, 0.4) is 0 Å². The summed E-state index contributed by atoms with van der Waals surface area (Å²) in [6, 6.07) is 4.70. The monoisotopic (exact) mass is 323 g/mol. The third kappa shape index (κ3) is 2.73. The molecule has 0 bridgehead atoms. The fraction of sp³-hybridized carbons (Fsp3) is 0.385. The van der Waals surface area contributed by atoms with Gasteiger partial charge >= 0.3 is 0 Å². The lowest BCUT2D eigenvalue weighted by molar-refractivity contribution is -0.384. The van der Waals surface area contributed by atoms with Crippen LogP contribution in [0.1, 0.15) is 31.9 Å². The van der Waals surface area contributed by atoms with Crippen LogP contribution in [-0.2, 0) is 0 Å². The van der Waals surface area contributed by atoms with Crippen molar-refractivity contribution in [2.75, 3.05) is 0 Å². The topological polar surface area (TPSA) is 68.9 Å². The number of benzene rings is 1. The van der Waals surface area contributed by atoms with Crippen molar-refractivity contribution in [2.24, 2.45) is 0 Å². The van der Waals surface area contributed by atoms with Crippen molar-refractivity contribution in [3.8, 4) is 0 Å². The van der Waals surface area contributed by atoms with Crippen LogP contribution in [0.15, 0.2) is 24.5 Å². The van der Waals surface area contributed by atoms with Crippen LogP contribution >= 0.6 is 15.9 Å². The van der Waals surface area contributed by atoms with E-state index in [0.717, 1.165) is 23.0 Å². The molecule has 2 rings (SSSR count). The Hall–Kier alpha value is -1.56. The maximum absolute atomic E-state index is 10.9. The van der Waals surface area contributed by atoms with E-state index in [4.69, 9.17) is 0 Å². The predicted molar refractivity (Wildman–Crippen MR) is 77.6 cm³/mol. The van der Waals surface area contributed by atoms with Crippen molar-refractivity contribution in [3.05, 3.63) is 40.3 Å². The van der Waals surface area contributed by atoms with Gasteiger partial charge in [0.2, 0.25) is 0 Å². The molecule has 0 aliphatic heterocycles. The summed E-state index contributed by atoms with van der Waals surface area (Å²) in [5.74, 6) is 0.201. The first-order chi connectivity index (χ1) is 9.04. The largest absolute Gasteiger partial charge is 0.270 e. The maximum atomic E-state index is 10.9. The maximum Gasteiger partial charge on any atom is 0.270 e. The third-order valence-corrected chi connectivity index (χ3v) is 3.84. The van der Waals surface area contributed by atoms with E-state index in [1.165, 1.54) is 12.4 Å². The van der Waals surface area contributed by atoms with Crippen molar-refractivity contribution in [1.82, 2.24) is 9.97 Å². The number of hydrogen-bond acceptors (Lipinski definition) is 4. The van der Waals surface area contributed by atoms with Crippen molar-refractivity contribution in [2.45, 2.75) is 31.0 Å². The molecular formula is C13H14BrN3O2. The molecule has 19 heavy (non-hydrogen) atoms. The Morgan fingerprint density at radius 3 is 2.74 bits per heavy atom. The molecule has 0 aliphatic carbocycles. The van der Waals surface area contributed by atoms with Crippen LogP contribution in [0.4, 0.5) is 5.69 Å². The quantitative estimate of drug-likeness (QED) is 0.487. The van der Waals surface area contributed by atoms with E-state index in [1.54, 1.807) is 12.1 Å². The summed E-state index contributed by atoms with van der Waals surface area (Å²) in [7, 11) is 0. The van der Waals surface area contributed by atoms with Gasteiger partial charge in [0.25, 0.3) is 5.69 Å². The van der Waals surface area contributed by atoms with Crippen LogP contribution < -0.4 is 0 Å². The van der Waals surface area contributed by atoms with Crippen LogP contribution in [0.2, 0.25) is 0 Å². The Balaban J connectivity index is 2.66. The molecule has 0 fully saturated rings. The molecule has 100 valence electrons. The lowest BCUT2D eigenvalue weighted by atomic mass is 9.95. The molecule has 0 aliphatic rings. The number of hydrogen-bond donors (Lipinski definition) is 0. The van der Waals surface area contributed by atoms with Crippen molar-refractivity contribution in [1.29, 1.82) is 0 Å². The fourth-order valence-corrected chi connectivity index (χ4v) is 2.83. The second kappa shape index (κ2) is 5.61. The second-order valence-corrected chi connectivity index (χ2v) is 5.85. The first-order valence-corrected chi connectivity index (χ1v) is 6.99. The number of alkyl halides is 1. The van der Waals surface area contributed by atoms with Crippen LogP contribution in [0.25, 0.3) is 10.9 Å². The standard InChI is InChI=1S/C13H14BrN3O2/c1-3-10(8(2)14)13-11-6-9(17(18)19)4-5-12(11)15-7-16-13/h4-8,10H,3H2,1-2H3. The van der Waals surface area contributed by atoms with Gasteiger partial charge in [0, 0.05) is 28.3 Å². The smallest absolute Gasteiger partial charge is 0.258 e. The molecule has 0 radical (unpaired) electrons. The molecule has 2 atom stereocenters. The van der Waals surface area contributed by atoms with Crippen molar-refractivity contribution >= 4 is 32.5 Å². The summed E-state index contributed by atoms with van der Waals surface area (Å²) in [5, 5.41) is 11.6. The Morgan fingerprint density at radius 1 is 1.42 bits per heavy atom. The van der Waals surface area contributed by atoms with Gasteiger partial charge in [0.05, 0.1) is 16.1 Å². The number of halogens is 1. The minimum atomic E-state index is -0.394. The molecule has 1 aromatic heterocycles. The summed E-state index contributed by atoms with van der Waals surface area (Å²) in [5.41, 5.74) is 1.67. The summed E-state index contributed by atoms with van der Waals surface area (Å²) in [6.45, 7) is 4.13. The Bertz CT molecular complexity index is 616. The molecule has 2 aromatic rings. The van der Waals surface area contributed by atoms with Gasteiger partial charge in [0.1, 0.15) is 6.33 Å². The van der Waals surface area contributed by atoms with Gasteiger partial charge in [-0.15, -0.1) is 0 Å².